The molecule has 1 aromatic heterocycles. The first-order valence-electron chi connectivity index (χ1n) is 5.77. The van der Waals surface area contributed by atoms with Crippen LogP contribution in [0.5, 0.6) is 0 Å². The van der Waals surface area contributed by atoms with E-state index < -0.39 is 0 Å². The van der Waals surface area contributed by atoms with Gasteiger partial charge < -0.3 is 10.1 Å². The number of ether oxygens (including phenoxy) is 1. The van der Waals surface area contributed by atoms with Crippen LogP contribution in [0.1, 0.15) is 5.56 Å². The summed E-state index contributed by atoms with van der Waals surface area (Å²) in [6.07, 6.45) is 3.11. The highest BCUT2D eigenvalue weighted by molar-refractivity contribution is 6.30. The zero-order chi connectivity index (χ0) is 13.5. The molecular weight excluding hydrogens is 285 g/mol. The Morgan fingerprint density at radius 3 is 2.63 bits per heavy atom. The van der Waals surface area contributed by atoms with E-state index in [4.69, 9.17) is 27.9 Å². The Hall–Kier alpha value is -1.36. The van der Waals surface area contributed by atoms with E-state index in [9.17, 15) is 0 Å². The van der Waals surface area contributed by atoms with Gasteiger partial charge in [-0.15, -0.1) is 0 Å². The van der Waals surface area contributed by atoms with Crippen molar-refractivity contribution in [3.8, 4) is 0 Å². The number of nitrogens with one attached hydrogen (secondary N) is 1. The molecule has 0 fully saturated rings. The summed E-state index contributed by atoms with van der Waals surface area (Å²) in [6, 6.07) is 7.58. The van der Waals surface area contributed by atoms with Crippen molar-refractivity contribution >= 4 is 29.0 Å². The first-order valence-corrected chi connectivity index (χ1v) is 6.53. The van der Waals surface area contributed by atoms with E-state index in [-0.39, 0.29) is 0 Å². The number of halogens is 2. The zero-order valence-corrected chi connectivity index (χ0v) is 11.7. The third-order valence-electron chi connectivity index (χ3n) is 2.34. The fourth-order valence-electron chi connectivity index (χ4n) is 1.45. The van der Waals surface area contributed by atoms with Gasteiger partial charge in [0.05, 0.1) is 25.6 Å². The van der Waals surface area contributed by atoms with Crippen LogP contribution in [0, 0.1) is 0 Å². The van der Waals surface area contributed by atoms with Crippen LogP contribution in [0.4, 0.5) is 5.82 Å². The second kappa shape index (κ2) is 7.28. The van der Waals surface area contributed by atoms with Crippen molar-refractivity contribution in [2.45, 2.75) is 6.61 Å². The Kier molecular flexibility index (Phi) is 5.39. The predicted octanol–water partition coefficient (Wildman–Crippen LogP) is 3.41. The number of hydrogen-bond donors (Lipinski definition) is 1. The van der Waals surface area contributed by atoms with Gasteiger partial charge in [-0.3, -0.25) is 4.98 Å². The molecule has 4 nitrogen and oxygen atoms in total. The lowest BCUT2D eigenvalue weighted by molar-refractivity contribution is 0.130. The molecule has 0 aliphatic carbocycles. The van der Waals surface area contributed by atoms with Gasteiger partial charge in [0.1, 0.15) is 11.0 Å². The van der Waals surface area contributed by atoms with Crippen LogP contribution >= 0.6 is 23.2 Å². The van der Waals surface area contributed by atoms with Crippen LogP contribution in [0.25, 0.3) is 0 Å². The van der Waals surface area contributed by atoms with E-state index in [0.717, 1.165) is 10.6 Å². The Morgan fingerprint density at radius 1 is 1.11 bits per heavy atom. The summed E-state index contributed by atoms with van der Waals surface area (Å²) >= 11 is 11.5. The molecule has 0 radical (unpaired) electrons. The van der Waals surface area contributed by atoms with Crippen LogP contribution in [0.3, 0.4) is 0 Å². The minimum atomic E-state index is 0.368. The van der Waals surface area contributed by atoms with E-state index in [0.29, 0.717) is 30.7 Å². The smallest absolute Gasteiger partial charge is 0.149 e. The summed E-state index contributed by atoms with van der Waals surface area (Å²) in [5.74, 6) is 0.641. The number of nitrogens with zero attached hydrogens (tertiary/aromatic N) is 2. The van der Waals surface area contributed by atoms with Crippen LogP contribution in [0.2, 0.25) is 10.2 Å². The maximum absolute atomic E-state index is 5.80. The summed E-state index contributed by atoms with van der Waals surface area (Å²) in [4.78, 5) is 7.99. The van der Waals surface area contributed by atoms with Crippen LogP contribution in [-0.2, 0) is 11.3 Å². The third kappa shape index (κ3) is 5.03. The van der Waals surface area contributed by atoms with E-state index in [2.05, 4.69) is 15.3 Å². The molecule has 0 saturated heterocycles. The van der Waals surface area contributed by atoms with E-state index in [1.54, 1.807) is 6.20 Å². The lowest BCUT2D eigenvalue weighted by Gasteiger charge is -2.06. The van der Waals surface area contributed by atoms with Crippen LogP contribution in [0.15, 0.2) is 36.7 Å². The molecule has 0 amide bonds. The maximum atomic E-state index is 5.80. The molecule has 0 aliphatic heterocycles. The average Bonchev–Trinajstić information content (AvgIpc) is 2.41. The molecule has 2 aromatic rings. The van der Waals surface area contributed by atoms with Gasteiger partial charge >= 0.3 is 0 Å². The molecule has 1 N–H and O–H groups in total. The maximum Gasteiger partial charge on any atom is 0.149 e. The lowest BCUT2D eigenvalue weighted by atomic mass is 10.2. The largest absolute Gasteiger partial charge is 0.375 e. The lowest BCUT2D eigenvalue weighted by Crippen LogP contribution is -2.10. The van der Waals surface area contributed by atoms with Crippen LogP contribution in [-0.4, -0.2) is 23.1 Å². The van der Waals surface area contributed by atoms with Crippen LogP contribution < -0.4 is 5.32 Å². The van der Waals surface area contributed by atoms with Crippen molar-refractivity contribution in [3.05, 3.63) is 52.4 Å². The fourth-order valence-corrected chi connectivity index (χ4v) is 1.72. The molecule has 1 heterocycles. The third-order valence-corrected chi connectivity index (χ3v) is 2.77. The molecule has 1 aromatic carbocycles. The highest BCUT2D eigenvalue weighted by Crippen LogP contribution is 2.10. The van der Waals surface area contributed by atoms with Crippen molar-refractivity contribution in [3.63, 3.8) is 0 Å². The normalized spacial score (nSPS) is 10.4. The number of aromatic nitrogens is 2. The second-order valence-corrected chi connectivity index (χ2v) is 4.66. The zero-order valence-electron chi connectivity index (χ0n) is 10.1. The molecule has 0 atom stereocenters. The van der Waals surface area contributed by atoms with Gasteiger partial charge in [0.2, 0.25) is 0 Å². The average molecular weight is 298 g/mol. The topological polar surface area (TPSA) is 47.0 Å². The van der Waals surface area contributed by atoms with E-state index in [1.165, 1.54) is 6.20 Å². The predicted molar refractivity (Wildman–Crippen MR) is 76.6 cm³/mol. The number of anilines is 1. The first-order chi connectivity index (χ1) is 9.24. The summed E-state index contributed by atoms with van der Waals surface area (Å²) in [6.45, 7) is 1.76. The van der Waals surface area contributed by atoms with Crippen molar-refractivity contribution in [1.82, 2.24) is 9.97 Å². The Bertz CT molecular complexity index is 520. The van der Waals surface area contributed by atoms with Gasteiger partial charge in [0.25, 0.3) is 0 Å². The Morgan fingerprint density at radius 2 is 1.89 bits per heavy atom. The number of hydrogen-bond acceptors (Lipinski definition) is 4. The van der Waals surface area contributed by atoms with Gasteiger partial charge in [-0.1, -0.05) is 35.3 Å². The molecule has 0 aliphatic rings. The van der Waals surface area contributed by atoms with E-state index >= 15 is 0 Å². The standard InChI is InChI=1S/C13H13Cl2N3O/c14-11-3-1-10(2-4-11)9-19-6-5-17-13-8-16-7-12(15)18-13/h1-4,7-8H,5-6,9H2,(H,17,18). The monoisotopic (exact) mass is 297 g/mol. The quantitative estimate of drug-likeness (QED) is 0.830. The Balaban J connectivity index is 1.66. The minimum absolute atomic E-state index is 0.368. The highest BCUT2D eigenvalue weighted by atomic mass is 35.5. The van der Waals surface area contributed by atoms with Crippen molar-refractivity contribution in [2.24, 2.45) is 0 Å². The van der Waals surface area contributed by atoms with Gasteiger partial charge in [-0.25, -0.2) is 4.98 Å². The molecular formula is C13H13Cl2N3O. The molecule has 0 unspecified atom stereocenters. The fraction of sp³-hybridized carbons (Fsp3) is 0.231. The van der Waals surface area contributed by atoms with Crippen molar-refractivity contribution in [2.75, 3.05) is 18.5 Å². The summed E-state index contributed by atoms with van der Waals surface area (Å²) in [7, 11) is 0. The molecule has 0 saturated carbocycles. The molecule has 19 heavy (non-hydrogen) atoms. The Labute approximate surface area is 121 Å². The minimum Gasteiger partial charge on any atom is -0.375 e. The van der Waals surface area contributed by atoms with E-state index in [1.807, 2.05) is 24.3 Å². The highest BCUT2D eigenvalue weighted by Gasteiger charge is 1.96. The van der Waals surface area contributed by atoms with Gasteiger partial charge in [-0.05, 0) is 17.7 Å². The SMILES string of the molecule is Clc1ccc(COCCNc2cncc(Cl)n2)cc1. The molecule has 6 heteroatoms. The van der Waals surface area contributed by atoms with Gasteiger partial charge in [-0.2, -0.15) is 0 Å². The summed E-state index contributed by atoms with van der Waals surface area (Å²) in [5, 5.41) is 4.17. The van der Waals surface area contributed by atoms with Crippen molar-refractivity contribution < 1.29 is 4.74 Å². The van der Waals surface area contributed by atoms with Crippen molar-refractivity contribution in [1.29, 1.82) is 0 Å². The molecule has 0 bridgehead atoms. The molecule has 100 valence electrons. The molecule has 2 rings (SSSR count). The summed E-state index contributed by atoms with van der Waals surface area (Å²) in [5.41, 5.74) is 1.09. The van der Waals surface area contributed by atoms with Gasteiger partial charge in [0, 0.05) is 11.6 Å². The van der Waals surface area contributed by atoms with Gasteiger partial charge in [0.15, 0.2) is 0 Å². The second-order valence-electron chi connectivity index (χ2n) is 3.83. The number of rotatable bonds is 6. The molecule has 0 spiro atoms. The first kappa shape index (κ1) is 14.1. The number of benzene rings is 1. The summed E-state index contributed by atoms with van der Waals surface area (Å²) < 4.78 is 5.52.